The molecule has 3 aliphatic rings. The summed E-state index contributed by atoms with van der Waals surface area (Å²) < 4.78 is 25.0. The Hall–Kier alpha value is -1.69. The molecule has 3 fully saturated rings. The summed E-state index contributed by atoms with van der Waals surface area (Å²) in [6.45, 7) is 2.32. The maximum Gasteiger partial charge on any atom is 0.250 e. The van der Waals surface area contributed by atoms with E-state index in [1.54, 1.807) is 0 Å². The van der Waals surface area contributed by atoms with Gasteiger partial charge in [0.1, 0.15) is 5.60 Å². The summed E-state index contributed by atoms with van der Waals surface area (Å²) in [6.07, 6.45) is 5.44. The van der Waals surface area contributed by atoms with E-state index in [9.17, 15) is 9.18 Å². The molecule has 3 heterocycles. The number of ether oxygens (including phenoxy) is 2. The van der Waals surface area contributed by atoms with Gasteiger partial charge in [0.15, 0.2) is 5.82 Å². The van der Waals surface area contributed by atoms with E-state index in [0.29, 0.717) is 38.6 Å². The van der Waals surface area contributed by atoms with Crippen LogP contribution in [0.4, 0.5) is 4.39 Å². The Morgan fingerprint density at radius 3 is 3.00 bits per heavy atom. The van der Waals surface area contributed by atoms with Crippen LogP contribution in [0, 0.1) is 17.7 Å². The van der Waals surface area contributed by atoms with Crippen molar-refractivity contribution < 1.29 is 18.7 Å². The van der Waals surface area contributed by atoms with Gasteiger partial charge in [0.05, 0.1) is 19.7 Å². The molecule has 5 nitrogen and oxygen atoms in total. The molecule has 0 radical (unpaired) electrons. The van der Waals surface area contributed by atoms with E-state index in [2.05, 4.69) is 4.98 Å². The zero-order valence-electron chi connectivity index (χ0n) is 13.0. The van der Waals surface area contributed by atoms with Crippen molar-refractivity contribution in [2.75, 3.05) is 26.3 Å². The number of carbonyl (C=O) groups excluding carboxylic acids is 1. The third-order valence-electron chi connectivity index (χ3n) is 5.18. The monoisotopic (exact) mass is 320 g/mol. The molecule has 4 rings (SSSR count). The lowest BCUT2D eigenvalue weighted by Gasteiger charge is -2.50. The van der Waals surface area contributed by atoms with Crippen molar-refractivity contribution >= 4 is 5.91 Å². The first kappa shape index (κ1) is 14.9. The number of halogens is 1. The molecule has 1 saturated carbocycles. The second-order valence-electron chi connectivity index (χ2n) is 6.90. The minimum atomic E-state index is -0.449. The molecule has 124 valence electrons. The van der Waals surface area contributed by atoms with E-state index in [4.69, 9.17) is 9.47 Å². The number of rotatable bonds is 5. The van der Waals surface area contributed by atoms with Gasteiger partial charge in [-0.1, -0.05) is 0 Å². The molecule has 0 N–H and O–H groups in total. The Balaban J connectivity index is 1.32. The zero-order chi connectivity index (χ0) is 15.9. The van der Waals surface area contributed by atoms with E-state index in [0.717, 1.165) is 6.42 Å². The quantitative estimate of drug-likeness (QED) is 0.833. The molecular formula is C17H21FN2O3. The van der Waals surface area contributed by atoms with Crippen molar-refractivity contribution in [2.45, 2.75) is 31.3 Å². The van der Waals surface area contributed by atoms with Crippen LogP contribution >= 0.6 is 0 Å². The molecule has 1 aliphatic carbocycles. The van der Waals surface area contributed by atoms with Gasteiger partial charge < -0.3 is 14.4 Å². The number of pyridine rings is 1. The largest absolute Gasteiger partial charge is 0.475 e. The van der Waals surface area contributed by atoms with Gasteiger partial charge in [0.25, 0.3) is 0 Å². The molecule has 2 saturated heterocycles. The van der Waals surface area contributed by atoms with Crippen LogP contribution in [-0.4, -0.2) is 47.7 Å². The van der Waals surface area contributed by atoms with Crippen LogP contribution in [-0.2, 0) is 9.53 Å². The maximum atomic E-state index is 13.6. The Bertz CT molecular complexity index is 599. The summed E-state index contributed by atoms with van der Waals surface area (Å²) in [6, 6.07) is 2.88. The maximum absolute atomic E-state index is 13.6. The summed E-state index contributed by atoms with van der Waals surface area (Å²) in [5.74, 6) is 0.610. The second-order valence-corrected chi connectivity index (χ2v) is 6.90. The van der Waals surface area contributed by atoms with Crippen molar-refractivity contribution in [1.82, 2.24) is 9.88 Å². The fourth-order valence-electron chi connectivity index (χ4n) is 3.50. The Morgan fingerprint density at radius 1 is 1.43 bits per heavy atom. The Kier molecular flexibility index (Phi) is 3.71. The van der Waals surface area contributed by atoms with Gasteiger partial charge in [-0.05, 0) is 37.3 Å². The summed E-state index contributed by atoms with van der Waals surface area (Å²) >= 11 is 0. The average molecular weight is 320 g/mol. The van der Waals surface area contributed by atoms with Crippen molar-refractivity contribution in [3.8, 4) is 5.88 Å². The van der Waals surface area contributed by atoms with Gasteiger partial charge in [-0.25, -0.2) is 9.37 Å². The van der Waals surface area contributed by atoms with Gasteiger partial charge in [-0.2, -0.15) is 0 Å². The van der Waals surface area contributed by atoms with Gasteiger partial charge in [-0.3, -0.25) is 4.79 Å². The number of likely N-dealkylation sites (tertiary alicyclic amines) is 1. The summed E-state index contributed by atoms with van der Waals surface area (Å²) in [4.78, 5) is 17.9. The van der Waals surface area contributed by atoms with Crippen LogP contribution in [0.1, 0.15) is 25.7 Å². The van der Waals surface area contributed by atoms with E-state index < -0.39 is 5.82 Å². The Labute approximate surface area is 134 Å². The summed E-state index contributed by atoms with van der Waals surface area (Å²) in [5.41, 5.74) is -0.301. The summed E-state index contributed by atoms with van der Waals surface area (Å²) in [5, 5.41) is 0. The zero-order valence-corrected chi connectivity index (χ0v) is 13.0. The van der Waals surface area contributed by atoms with Gasteiger partial charge in [0.2, 0.25) is 11.8 Å². The Morgan fingerprint density at radius 2 is 2.26 bits per heavy atom. The number of amides is 1. The highest BCUT2D eigenvalue weighted by Gasteiger charge is 2.54. The predicted octanol–water partition coefficient (Wildman–Crippen LogP) is 2.02. The molecule has 1 atom stereocenters. The van der Waals surface area contributed by atoms with Gasteiger partial charge >= 0.3 is 0 Å². The molecule has 2 aliphatic heterocycles. The highest BCUT2D eigenvalue weighted by molar-refractivity contribution is 5.78. The minimum absolute atomic E-state index is 0.0375. The highest BCUT2D eigenvalue weighted by atomic mass is 19.1. The first-order valence-electron chi connectivity index (χ1n) is 8.31. The number of hydrogen-bond acceptors (Lipinski definition) is 4. The topological polar surface area (TPSA) is 51.7 Å². The number of aromatic nitrogens is 1. The van der Waals surface area contributed by atoms with E-state index >= 15 is 0 Å². The van der Waals surface area contributed by atoms with Crippen LogP contribution in [0.25, 0.3) is 0 Å². The fraction of sp³-hybridized carbons (Fsp3) is 0.647. The number of nitrogens with zero attached hydrogens (tertiary/aromatic N) is 2. The lowest BCUT2D eigenvalue weighted by Crippen LogP contribution is -2.66. The van der Waals surface area contributed by atoms with Crippen molar-refractivity contribution in [2.24, 2.45) is 11.8 Å². The molecule has 1 amide bonds. The number of carbonyl (C=O) groups is 1. The smallest absolute Gasteiger partial charge is 0.250 e. The molecule has 1 spiro atoms. The molecular weight excluding hydrogens is 299 g/mol. The average Bonchev–Trinajstić information content (AvgIpc) is 3.21. The summed E-state index contributed by atoms with van der Waals surface area (Å²) in [7, 11) is 0. The lowest BCUT2D eigenvalue weighted by atomic mass is 9.81. The van der Waals surface area contributed by atoms with Gasteiger partial charge in [0, 0.05) is 25.1 Å². The van der Waals surface area contributed by atoms with Crippen molar-refractivity contribution in [1.29, 1.82) is 0 Å². The molecule has 23 heavy (non-hydrogen) atoms. The standard InChI is InChI=1S/C17H21FN2O3/c18-14-2-1-6-19-16(14)22-9-13-5-7-23-17(13)10-20(11-17)15(21)8-12-3-4-12/h1-2,6,12-13H,3-5,7-11H2/t13-/m1/s1. The normalized spacial score (nSPS) is 25.4. The first-order valence-corrected chi connectivity index (χ1v) is 8.31. The van der Waals surface area contributed by atoms with Crippen LogP contribution in [0.2, 0.25) is 0 Å². The van der Waals surface area contributed by atoms with Crippen molar-refractivity contribution in [3.05, 3.63) is 24.1 Å². The second kappa shape index (κ2) is 5.74. The molecule has 0 aromatic carbocycles. The van der Waals surface area contributed by atoms with E-state index in [1.165, 1.54) is 31.2 Å². The fourth-order valence-corrected chi connectivity index (χ4v) is 3.50. The third-order valence-corrected chi connectivity index (χ3v) is 5.18. The lowest BCUT2D eigenvalue weighted by molar-refractivity contribution is -0.167. The van der Waals surface area contributed by atoms with Crippen LogP contribution in [0.15, 0.2) is 18.3 Å². The van der Waals surface area contributed by atoms with Crippen molar-refractivity contribution in [3.63, 3.8) is 0 Å². The van der Waals surface area contributed by atoms with Crippen LogP contribution < -0.4 is 4.74 Å². The predicted molar refractivity (Wildman–Crippen MR) is 80.4 cm³/mol. The SMILES string of the molecule is O=C(CC1CC1)N1CC2(C1)OCC[C@@H]2COc1ncccc1F. The molecule has 1 aromatic rings. The van der Waals surface area contributed by atoms with Gasteiger partial charge in [-0.15, -0.1) is 0 Å². The van der Waals surface area contributed by atoms with E-state index in [-0.39, 0.29) is 23.3 Å². The number of hydrogen-bond donors (Lipinski definition) is 0. The molecule has 0 bridgehead atoms. The first-order chi connectivity index (χ1) is 11.2. The highest BCUT2D eigenvalue weighted by Crippen LogP contribution is 2.41. The minimum Gasteiger partial charge on any atom is -0.475 e. The third kappa shape index (κ3) is 2.92. The molecule has 0 unspecified atom stereocenters. The van der Waals surface area contributed by atoms with Crippen LogP contribution in [0.5, 0.6) is 5.88 Å². The van der Waals surface area contributed by atoms with E-state index in [1.807, 2.05) is 4.90 Å². The molecule has 6 heteroatoms. The van der Waals surface area contributed by atoms with Crippen LogP contribution in [0.3, 0.4) is 0 Å². The molecule has 1 aromatic heterocycles.